The third-order valence-corrected chi connectivity index (χ3v) is 7.57. The molecule has 0 spiro atoms. The smallest absolute Gasteiger partial charge is 0.272 e. The van der Waals surface area contributed by atoms with Crippen molar-refractivity contribution in [1.29, 1.82) is 0 Å². The minimum Gasteiger partial charge on any atom is -0.477 e. The van der Waals surface area contributed by atoms with Crippen LogP contribution in [0.1, 0.15) is 56.4 Å². The van der Waals surface area contributed by atoms with Crippen LogP contribution >= 0.6 is 0 Å². The summed E-state index contributed by atoms with van der Waals surface area (Å²) in [6.45, 7) is 7.43. The summed E-state index contributed by atoms with van der Waals surface area (Å²) >= 11 is 0. The Kier molecular flexibility index (Phi) is 5.99. The van der Waals surface area contributed by atoms with Crippen LogP contribution < -0.4 is 15.0 Å². The molecule has 2 aromatic heterocycles. The fourth-order valence-electron chi connectivity index (χ4n) is 6.00. The Bertz CT molecular complexity index is 1030. The number of fused-ring (bicyclic) bond motifs is 1. The summed E-state index contributed by atoms with van der Waals surface area (Å²) in [6.07, 6.45) is 7.64. The summed E-state index contributed by atoms with van der Waals surface area (Å²) in [5, 5.41) is 3.33. The Hall–Kier alpha value is -2.67. The van der Waals surface area contributed by atoms with Crippen LogP contribution in [0.15, 0.2) is 30.5 Å². The van der Waals surface area contributed by atoms with Gasteiger partial charge in [0, 0.05) is 31.9 Å². The lowest BCUT2D eigenvalue weighted by Gasteiger charge is -2.30. The van der Waals surface area contributed by atoms with E-state index in [0.717, 1.165) is 48.9 Å². The van der Waals surface area contributed by atoms with E-state index < -0.39 is 0 Å². The lowest BCUT2D eigenvalue weighted by Crippen LogP contribution is -2.48. The Labute approximate surface area is 196 Å². The van der Waals surface area contributed by atoms with Crippen molar-refractivity contribution in [1.82, 2.24) is 20.2 Å². The molecule has 0 bridgehead atoms. The first-order chi connectivity index (χ1) is 16.0. The third-order valence-electron chi connectivity index (χ3n) is 7.57. The van der Waals surface area contributed by atoms with Gasteiger partial charge < -0.3 is 19.9 Å². The fourth-order valence-corrected chi connectivity index (χ4v) is 6.00. The first-order valence-corrected chi connectivity index (χ1v) is 12.3. The molecule has 0 radical (unpaired) electrons. The minimum atomic E-state index is -0.244. The van der Waals surface area contributed by atoms with Crippen LogP contribution in [0.3, 0.4) is 0 Å². The van der Waals surface area contributed by atoms with Crippen molar-refractivity contribution in [3.05, 3.63) is 36.2 Å². The SMILES string of the molecule is CCOc1ncccc1-c1ccc(N2CCC3CCCC32)c(C(=O)NC2(C)CCN(C)C2)n1. The van der Waals surface area contributed by atoms with Crippen LogP contribution in [0.4, 0.5) is 5.69 Å². The van der Waals surface area contributed by atoms with Gasteiger partial charge in [0.15, 0.2) is 5.69 Å². The number of anilines is 1. The predicted molar refractivity (Wildman–Crippen MR) is 130 cm³/mol. The normalized spacial score (nSPS) is 27.1. The highest BCUT2D eigenvalue weighted by Gasteiger charge is 2.40. The highest BCUT2D eigenvalue weighted by atomic mass is 16.5. The van der Waals surface area contributed by atoms with Gasteiger partial charge in [-0.3, -0.25) is 4.79 Å². The first-order valence-electron chi connectivity index (χ1n) is 12.3. The van der Waals surface area contributed by atoms with Crippen LogP contribution in [0.5, 0.6) is 5.88 Å². The Morgan fingerprint density at radius 2 is 2.12 bits per heavy atom. The molecule has 2 saturated heterocycles. The molecular weight excluding hydrogens is 414 g/mol. The molecule has 1 aliphatic carbocycles. The molecule has 7 heteroatoms. The van der Waals surface area contributed by atoms with Gasteiger partial charge in [0.05, 0.1) is 29.1 Å². The average Bonchev–Trinajstić information content (AvgIpc) is 3.50. The number of likely N-dealkylation sites (N-methyl/N-ethyl adjacent to an activating group) is 1. The van der Waals surface area contributed by atoms with E-state index in [1.165, 1.54) is 25.7 Å². The summed E-state index contributed by atoms with van der Waals surface area (Å²) in [6, 6.07) is 8.46. The zero-order valence-electron chi connectivity index (χ0n) is 20.0. The molecule has 2 aromatic rings. The number of nitrogens with one attached hydrogen (secondary N) is 1. The van der Waals surface area contributed by atoms with Gasteiger partial charge >= 0.3 is 0 Å². The zero-order chi connectivity index (χ0) is 23.0. The molecule has 1 amide bonds. The van der Waals surface area contributed by atoms with Gasteiger partial charge in [-0.1, -0.05) is 6.42 Å². The van der Waals surface area contributed by atoms with Crippen LogP contribution in [0.25, 0.3) is 11.3 Å². The molecular formula is C26H35N5O2. The van der Waals surface area contributed by atoms with E-state index in [2.05, 4.69) is 40.1 Å². The maximum absolute atomic E-state index is 13.7. The molecule has 3 atom stereocenters. The Morgan fingerprint density at radius 3 is 2.91 bits per heavy atom. The lowest BCUT2D eigenvalue weighted by molar-refractivity contribution is 0.0905. The quantitative estimate of drug-likeness (QED) is 0.724. The molecule has 3 unspecified atom stereocenters. The van der Waals surface area contributed by atoms with Crippen molar-refractivity contribution in [2.24, 2.45) is 5.92 Å². The number of likely N-dealkylation sites (tertiary alicyclic amines) is 1. The van der Waals surface area contributed by atoms with Crippen molar-refractivity contribution in [3.63, 3.8) is 0 Å². The highest BCUT2D eigenvalue weighted by molar-refractivity contribution is 5.99. The van der Waals surface area contributed by atoms with Crippen LogP contribution in [0.2, 0.25) is 0 Å². The number of carbonyl (C=O) groups excluding carboxylic acids is 1. The molecule has 3 aliphatic rings. The van der Waals surface area contributed by atoms with Gasteiger partial charge in [0.25, 0.3) is 5.91 Å². The second-order valence-electron chi connectivity index (χ2n) is 10.1. The van der Waals surface area contributed by atoms with Crippen molar-refractivity contribution in [3.8, 4) is 17.1 Å². The predicted octanol–water partition coefficient (Wildman–Crippen LogP) is 3.75. The van der Waals surface area contributed by atoms with Crippen molar-refractivity contribution < 1.29 is 9.53 Å². The van der Waals surface area contributed by atoms with Crippen LogP contribution in [0, 0.1) is 5.92 Å². The summed E-state index contributed by atoms with van der Waals surface area (Å²) in [5.41, 5.74) is 2.76. The second kappa shape index (κ2) is 8.93. The number of nitrogens with zero attached hydrogens (tertiary/aromatic N) is 4. The Morgan fingerprint density at radius 1 is 1.24 bits per heavy atom. The molecule has 4 heterocycles. The van der Waals surface area contributed by atoms with Crippen LogP contribution in [-0.2, 0) is 0 Å². The summed E-state index contributed by atoms with van der Waals surface area (Å²) in [7, 11) is 2.10. The second-order valence-corrected chi connectivity index (χ2v) is 10.1. The standard InChI is InChI=1S/C26H35N5O2/c1-4-33-25-19(8-6-14-27-25)20-10-11-22(31-15-12-18-7-5-9-21(18)31)23(28-20)24(32)29-26(2)13-16-30(3)17-26/h6,8,10-11,14,18,21H,4-5,7,9,12-13,15-17H2,1-3H3,(H,29,32). The van der Waals surface area contributed by atoms with Gasteiger partial charge in [-0.25, -0.2) is 9.97 Å². The van der Waals surface area contributed by atoms with Crippen LogP contribution in [-0.4, -0.2) is 65.6 Å². The van der Waals surface area contributed by atoms with E-state index in [9.17, 15) is 4.79 Å². The number of hydrogen-bond acceptors (Lipinski definition) is 6. The van der Waals surface area contributed by atoms with Crippen molar-refractivity contribution >= 4 is 11.6 Å². The maximum atomic E-state index is 13.7. The molecule has 0 aromatic carbocycles. The topological polar surface area (TPSA) is 70.6 Å². The lowest BCUT2D eigenvalue weighted by atomic mass is 10.0. The highest BCUT2D eigenvalue weighted by Crippen LogP contribution is 2.41. The van der Waals surface area contributed by atoms with E-state index in [4.69, 9.17) is 9.72 Å². The number of aromatic nitrogens is 2. The number of pyridine rings is 2. The van der Waals surface area contributed by atoms with Gasteiger partial charge in [-0.2, -0.15) is 0 Å². The molecule has 7 nitrogen and oxygen atoms in total. The largest absolute Gasteiger partial charge is 0.477 e. The number of rotatable bonds is 6. The maximum Gasteiger partial charge on any atom is 0.272 e. The van der Waals surface area contributed by atoms with Gasteiger partial charge in [-0.15, -0.1) is 0 Å². The molecule has 5 rings (SSSR count). The number of carbonyl (C=O) groups is 1. The number of amides is 1. The summed E-state index contributed by atoms with van der Waals surface area (Å²) in [5.74, 6) is 1.20. The molecule has 33 heavy (non-hydrogen) atoms. The van der Waals surface area contributed by atoms with E-state index in [-0.39, 0.29) is 11.4 Å². The minimum absolute atomic E-state index is 0.0899. The Balaban J connectivity index is 1.53. The van der Waals surface area contributed by atoms with E-state index in [1.54, 1.807) is 6.20 Å². The van der Waals surface area contributed by atoms with Crippen molar-refractivity contribution in [2.45, 2.75) is 57.5 Å². The number of ether oxygens (including phenoxy) is 1. The number of hydrogen-bond donors (Lipinski definition) is 1. The molecule has 3 fully saturated rings. The third kappa shape index (κ3) is 4.31. The van der Waals surface area contributed by atoms with Crippen molar-refractivity contribution in [2.75, 3.05) is 38.2 Å². The van der Waals surface area contributed by atoms with Gasteiger partial charge in [0.2, 0.25) is 5.88 Å². The molecule has 1 N–H and O–H groups in total. The molecule has 176 valence electrons. The summed E-state index contributed by atoms with van der Waals surface area (Å²) < 4.78 is 5.75. The molecule has 1 saturated carbocycles. The van der Waals surface area contributed by atoms with E-state index in [1.807, 2.05) is 25.1 Å². The molecule has 2 aliphatic heterocycles. The fraction of sp³-hybridized carbons (Fsp3) is 0.577. The summed E-state index contributed by atoms with van der Waals surface area (Å²) in [4.78, 5) is 27.8. The van der Waals surface area contributed by atoms with Gasteiger partial charge in [0.1, 0.15) is 0 Å². The van der Waals surface area contributed by atoms with E-state index >= 15 is 0 Å². The van der Waals surface area contributed by atoms with Gasteiger partial charge in [-0.05, 0) is 76.8 Å². The van der Waals surface area contributed by atoms with E-state index in [0.29, 0.717) is 24.2 Å². The average molecular weight is 450 g/mol. The first kappa shape index (κ1) is 22.1. The monoisotopic (exact) mass is 449 g/mol. The zero-order valence-corrected chi connectivity index (χ0v) is 20.0.